The predicted molar refractivity (Wildman–Crippen MR) is 73.9 cm³/mol. The molecule has 20 heavy (non-hydrogen) atoms. The Balaban J connectivity index is 2.96. The number of rotatable bonds is 8. The van der Waals surface area contributed by atoms with Crippen LogP contribution in [0.15, 0.2) is 29.2 Å². The van der Waals surface area contributed by atoms with E-state index in [1.807, 2.05) is 6.92 Å². The molecule has 112 valence electrons. The fourth-order valence-corrected chi connectivity index (χ4v) is 3.16. The number of carboxylic acids is 1. The molecule has 1 rings (SSSR count). The van der Waals surface area contributed by atoms with Gasteiger partial charge in [-0.05, 0) is 25.5 Å². The topological polar surface area (TPSA) is 94.9 Å². The lowest BCUT2D eigenvalue weighted by Crippen LogP contribution is -2.34. The summed E-state index contributed by atoms with van der Waals surface area (Å²) in [6, 6.07) is 6.37. The number of carbonyl (C=O) groups is 1. The molecule has 0 spiro atoms. The lowest BCUT2D eigenvalue weighted by molar-refractivity contribution is -0.137. The second-order valence-corrected chi connectivity index (χ2v) is 6.38. The van der Waals surface area contributed by atoms with Crippen molar-refractivity contribution in [2.24, 2.45) is 0 Å². The Bertz CT molecular complexity index is 538. The van der Waals surface area contributed by atoms with Crippen LogP contribution in [-0.4, -0.2) is 48.6 Å². The predicted octanol–water partition coefficient (Wildman–Crippen LogP) is 0.843. The first-order valence-corrected chi connectivity index (χ1v) is 7.71. The molecule has 0 bridgehead atoms. The zero-order valence-electron chi connectivity index (χ0n) is 11.3. The second kappa shape index (κ2) is 7.37. The highest BCUT2D eigenvalue weighted by Crippen LogP contribution is 2.17. The van der Waals surface area contributed by atoms with E-state index in [4.69, 9.17) is 10.2 Å². The van der Waals surface area contributed by atoms with Gasteiger partial charge in [-0.3, -0.25) is 4.79 Å². The minimum Gasteiger partial charge on any atom is -0.481 e. The van der Waals surface area contributed by atoms with Crippen LogP contribution in [0.1, 0.15) is 18.4 Å². The minimum absolute atomic E-state index is 0.0972. The number of carboxylic acid groups (broad SMARTS) is 1. The van der Waals surface area contributed by atoms with Crippen LogP contribution in [0.2, 0.25) is 0 Å². The molecule has 7 heteroatoms. The maximum atomic E-state index is 12.4. The van der Waals surface area contributed by atoms with Crippen LogP contribution in [0.5, 0.6) is 0 Å². The third kappa shape index (κ3) is 4.59. The standard InChI is InChI=1S/C13H19NO5S/c1-11-3-5-12(6-4-11)20(18,19)14(8-2-10-15)9-7-13(16)17/h3-6,15H,2,7-10H2,1H3,(H,16,17). The summed E-state index contributed by atoms with van der Waals surface area (Å²) in [5, 5.41) is 17.5. The molecule has 1 aromatic rings. The van der Waals surface area contributed by atoms with Crippen molar-refractivity contribution in [2.45, 2.75) is 24.7 Å². The number of aryl methyl sites for hydroxylation is 1. The summed E-state index contributed by atoms with van der Waals surface area (Å²) < 4.78 is 25.9. The van der Waals surface area contributed by atoms with Gasteiger partial charge in [0.25, 0.3) is 0 Å². The zero-order chi connectivity index (χ0) is 15.2. The molecule has 0 aliphatic heterocycles. The molecule has 0 aliphatic carbocycles. The molecular formula is C13H19NO5S. The smallest absolute Gasteiger partial charge is 0.304 e. The van der Waals surface area contributed by atoms with Crippen LogP contribution in [0.25, 0.3) is 0 Å². The number of hydrogen-bond donors (Lipinski definition) is 2. The first kappa shape index (κ1) is 16.6. The van der Waals surface area contributed by atoms with E-state index in [-0.39, 0.29) is 37.4 Å². The molecule has 0 aliphatic rings. The number of hydrogen-bond acceptors (Lipinski definition) is 4. The van der Waals surface area contributed by atoms with E-state index in [9.17, 15) is 13.2 Å². The van der Waals surface area contributed by atoms with E-state index < -0.39 is 16.0 Å². The summed E-state index contributed by atoms with van der Waals surface area (Å²) in [5.74, 6) is -1.06. The van der Waals surface area contributed by atoms with E-state index in [2.05, 4.69) is 0 Å². The molecule has 0 heterocycles. The first-order chi connectivity index (χ1) is 9.37. The fourth-order valence-electron chi connectivity index (χ4n) is 1.68. The molecule has 0 radical (unpaired) electrons. The van der Waals surface area contributed by atoms with Crippen molar-refractivity contribution in [3.63, 3.8) is 0 Å². The number of benzene rings is 1. The van der Waals surface area contributed by atoms with Gasteiger partial charge in [-0.15, -0.1) is 0 Å². The average Bonchev–Trinajstić information content (AvgIpc) is 2.38. The van der Waals surface area contributed by atoms with Crippen molar-refractivity contribution in [1.82, 2.24) is 4.31 Å². The van der Waals surface area contributed by atoms with Gasteiger partial charge in [-0.25, -0.2) is 8.42 Å². The summed E-state index contributed by atoms with van der Waals surface area (Å²) in [4.78, 5) is 10.7. The van der Waals surface area contributed by atoms with Crippen molar-refractivity contribution in [2.75, 3.05) is 19.7 Å². The van der Waals surface area contributed by atoms with E-state index in [1.54, 1.807) is 12.1 Å². The Labute approximate surface area is 118 Å². The van der Waals surface area contributed by atoms with Gasteiger partial charge >= 0.3 is 5.97 Å². The highest BCUT2D eigenvalue weighted by molar-refractivity contribution is 7.89. The van der Waals surface area contributed by atoms with Crippen molar-refractivity contribution >= 4 is 16.0 Å². The van der Waals surface area contributed by atoms with E-state index >= 15 is 0 Å². The Morgan fingerprint density at radius 2 is 1.80 bits per heavy atom. The second-order valence-electron chi connectivity index (χ2n) is 4.44. The molecular weight excluding hydrogens is 282 g/mol. The van der Waals surface area contributed by atoms with Crippen LogP contribution in [0.4, 0.5) is 0 Å². The van der Waals surface area contributed by atoms with Crippen LogP contribution in [0.3, 0.4) is 0 Å². The third-order valence-electron chi connectivity index (χ3n) is 2.80. The zero-order valence-corrected chi connectivity index (χ0v) is 12.1. The van der Waals surface area contributed by atoms with Gasteiger partial charge in [0.05, 0.1) is 11.3 Å². The van der Waals surface area contributed by atoms with Gasteiger partial charge in [-0.1, -0.05) is 17.7 Å². The quantitative estimate of drug-likeness (QED) is 0.742. The molecule has 2 N–H and O–H groups in total. The maximum absolute atomic E-state index is 12.4. The van der Waals surface area contributed by atoms with Crippen LogP contribution >= 0.6 is 0 Å². The minimum atomic E-state index is -3.73. The van der Waals surface area contributed by atoms with Gasteiger partial charge in [0, 0.05) is 19.7 Å². The average molecular weight is 301 g/mol. The Kier molecular flexibility index (Phi) is 6.12. The number of sulfonamides is 1. The molecule has 0 saturated heterocycles. The maximum Gasteiger partial charge on any atom is 0.304 e. The Morgan fingerprint density at radius 1 is 1.20 bits per heavy atom. The lowest BCUT2D eigenvalue weighted by Gasteiger charge is -2.21. The molecule has 0 aromatic heterocycles. The number of aliphatic hydroxyl groups excluding tert-OH is 1. The number of aliphatic carboxylic acids is 1. The van der Waals surface area contributed by atoms with Gasteiger partial charge in [0.1, 0.15) is 0 Å². The Hall–Kier alpha value is -1.44. The Morgan fingerprint density at radius 3 is 2.30 bits per heavy atom. The molecule has 0 saturated carbocycles. The molecule has 0 amide bonds. The van der Waals surface area contributed by atoms with Crippen molar-refractivity contribution in [1.29, 1.82) is 0 Å². The summed E-state index contributed by atoms with van der Waals surface area (Å²) in [5.41, 5.74) is 0.941. The summed E-state index contributed by atoms with van der Waals surface area (Å²) in [6.45, 7) is 1.70. The van der Waals surface area contributed by atoms with Gasteiger partial charge in [0.15, 0.2) is 0 Å². The van der Waals surface area contributed by atoms with Crippen LogP contribution in [0, 0.1) is 6.92 Å². The molecule has 0 fully saturated rings. The van der Waals surface area contributed by atoms with Gasteiger partial charge < -0.3 is 10.2 Å². The van der Waals surface area contributed by atoms with E-state index in [0.717, 1.165) is 9.87 Å². The third-order valence-corrected chi connectivity index (χ3v) is 4.71. The van der Waals surface area contributed by atoms with Crippen LogP contribution < -0.4 is 0 Å². The molecule has 1 aromatic carbocycles. The van der Waals surface area contributed by atoms with E-state index in [0.29, 0.717) is 0 Å². The van der Waals surface area contributed by atoms with Crippen molar-refractivity contribution < 1.29 is 23.4 Å². The number of nitrogens with zero attached hydrogens (tertiary/aromatic N) is 1. The molecule has 0 atom stereocenters. The number of aliphatic hydroxyl groups is 1. The lowest BCUT2D eigenvalue weighted by atomic mass is 10.2. The first-order valence-electron chi connectivity index (χ1n) is 6.27. The van der Waals surface area contributed by atoms with Gasteiger partial charge in [-0.2, -0.15) is 4.31 Å². The SMILES string of the molecule is Cc1ccc(S(=O)(=O)N(CCCO)CCC(=O)O)cc1. The highest BCUT2D eigenvalue weighted by atomic mass is 32.2. The summed E-state index contributed by atoms with van der Waals surface area (Å²) in [6.07, 6.45) is 0.00122. The van der Waals surface area contributed by atoms with E-state index in [1.165, 1.54) is 12.1 Å². The summed E-state index contributed by atoms with van der Waals surface area (Å²) in [7, 11) is -3.73. The van der Waals surface area contributed by atoms with Gasteiger partial charge in [0.2, 0.25) is 10.0 Å². The largest absolute Gasteiger partial charge is 0.481 e. The van der Waals surface area contributed by atoms with Crippen molar-refractivity contribution in [3.05, 3.63) is 29.8 Å². The molecule has 0 unspecified atom stereocenters. The highest BCUT2D eigenvalue weighted by Gasteiger charge is 2.24. The molecule has 6 nitrogen and oxygen atoms in total. The normalized spacial score (nSPS) is 11.8. The fraction of sp³-hybridized carbons (Fsp3) is 0.462. The summed E-state index contributed by atoms with van der Waals surface area (Å²) >= 11 is 0. The van der Waals surface area contributed by atoms with Crippen molar-refractivity contribution in [3.8, 4) is 0 Å². The monoisotopic (exact) mass is 301 g/mol. The van der Waals surface area contributed by atoms with Crippen LogP contribution in [-0.2, 0) is 14.8 Å².